The van der Waals surface area contributed by atoms with Gasteiger partial charge in [0.05, 0.1) is 13.7 Å². The number of nitrogens with one attached hydrogen (secondary N) is 2. The van der Waals surface area contributed by atoms with Crippen molar-refractivity contribution in [2.75, 3.05) is 30.9 Å². The molecule has 6 heteroatoms. The topological polar surface area (TPSA) is 68.3 Å². The average molecular weight is 328 g/mol. The summed E-state index contributed by atoms with van der Waals surface area (Å²) >= 11 is 0. The van der Waals surface area contributed by atoms with Gasteiger partial charge in [-0.3, -0.25) is 0 Å². The molecule has 1 saturated carbocycles. The molecule has 1 fully saturated rings. The van der Waals surface area contributed by atoms with Crippen molar-refractivity contribution in [2.24, 2.45) is 0 Å². The van der Waals surface area contributed by atoms with Gasteiger partial charge in [0.1, 0.15) is 23.9 Å². The summed E-state index contributed by atoms with van der Waals surface area (Å²) in [6.07, 6.45) is 6.83. The highest BCUT2D eigenvalue weighted by Crippen LogP contribution is 2.21. The molecule has 0 saturated heterocycles. The molecule has 1 aromatic heterocycles. The first kappa shape index (κ1) is 16.4. The molecule has 0 radical (unpaired) electrons. The lowest BCUT2D eigenvalue weighted by atomic mass is 10.2. The second-order valence-electron chi connectivity index (χ2n) is 5.84. The van der Waals surface area contributed by atoms with Gasteiger partial charge in [0.25, 0.3) is 0 Å². The summed E-state index contributed by atoms with van der Waals surface area (Å²) in [5, 5.41) is 6.66. The largest absolute Gasteiger partial charge is 0.497 e. The Hall–Kier alpha value is -2.50. The first-order valence-electron chi connectivity index (χ1n) is 8.44. The van der Waals surface area contributed by atoms with E-state index in [-0.39, 0.29) is 0 Å². The van der Waals surface area contributed by atoms with Crippen LogP contribution in [0.5, 0.6) is 11.5 Å². The minimum atomic E-state index is 0.538. The maximum atomic E-state index is 5.68. The summed E-state index contributed by atoms with van der Waals surface area (Å²) in [5.41, 5.74) is 0. The molecular weight excluding hydrogens is 304 g/mol. The summed E-state index contributed by atoms with van der Waals surface area (Å²) in [6, 6.07) is 10.0. The standard InChI is InChI=1S/C18H24N4O2/c1-23-15-6-8-16(9-7-15)24-13-12-20-18-19-11-10-17(22-18)21-14-4-2-3-5-14/h6-11,14H,2-5,12-13H2,1H3,(H2,19,20,21,22). The molecule has 2 N–H and O–H groups in total. The van der Waals surface area contributed by atoms with Crippen molar-refractivity contribution in [3.05, 3.63) is 36.5 Å². The van der Waals surface area contributed by atoms with Gasteiger partial charge in [0.2, 0.25) is 5.95 Å². The molecule has 0 spiro atoms. The highest BCUT2D eigenvalue weighted by atomic mass is 16.5. The van der Waals surface area contributed by atoms with Gasteiger partial charge >= 0.3 is 0 Å². The van der Waals surface area contributed by atoms with Crippen molar-refractivity contribution in [1.29, 1.82) is 0 Å². The summed E-state index contributed by atoms with van der Waals surface area (Å²) in [5.74, 6) is 3.14. The van der Waals surface area contributed by atoms with Gasteiger partial charge in [-0.25, -0.2) is 4.98 Å². The predicted octanol–water partition coefficient (Wildman–Crippen LogP) is 3.33. The highest BCUT2D eigenvalue weighted by molar-refractivity contribution is 5.40. The van der Waals surface area contributed by atoms with Gasteiger partial charge in [0.15, 0.2) is 0 Å². The second-order valence-corrected chi connectivity index (χ2v) is 5.84. The Labute approximate surface area is 142 Å². The molecule has 0 bridgehead atoms. The smallest absolute Gasteiger partial charge is 0.224 e. The normalized spacial score (nSPS) is 14.4. The molecule has 1 aromatic carbocycles. The van der Waals surface area contributed by atoms with Gasteiger partial charge in [0, 0.05) is 12.2 Å². The third-order valence-corrected chi connectivity index (χ3v) is 4.08. The number of ether oxygens (including phenoxy) is 2. The van der Waals surface area contributed by atoms with Crippen LogP contribution in [0.15, 0.2) is 36.5 Å². The molecule has 1 aliphatic rings. The van der Waals surface area contributed by atoms with Crippen molar-refractivity contribution >= 4 is 11.8 Å². The van der Waals surface area contributed by atoms with E-state index in [2.05, 4.69) is 20.6 Å². The first-order valence-corrected chi connectivity index (χ1v) is 8.44. The molecule has 1 aliphatic carbocycles. The monoisotopic (exact) mass is 328 g/mol. The van der Waals surface area contributed by atoms with Crippen molar-refractivity contribution in [3.63, 3.8) is 0 Å². The minimum Gasteiger partial charge on any atom is -0.497 e. The molecule has 0 aliphatic heterocycles. The highest BCUT2D eigenvalue weighted by Gasteiger charge is 2.14. The quantitative estimate of drug-likeness (QED) is 0.725. The number of anilines is 2. The van der Waals surface area contributed by atoms with Crippen LogP contribution in [0, 0.1) is 0 Å². The minimum absolute atomic E-state index is 0.538. The van der Waals surface area contributed by atoms with Crippen LogP contribution in [0.4, 0.5) is 11.8 Å². The van der Waals surface area contributed by atoms with Crippen molar-refractivity contribution in [3.8, 4) is 11.5 Å². The molecular formula is C18H24N4O2. The van der Waals surface area contributed by atoms with Crippen LogP contribution in [0.1, 0.15) is 25.7 Å². The average Bonchev–Trinajstić information content (AvgIpc) is 3.13. The van der Waals surface area contributed by atoms with Crippen LogP contribution in [-0.4, -0.2) is 36.3 Å². The lowest BCUT2D eigenvalue weighted by Gasteiger charge is -2.13. The Balaban J connectivity index is 1.42. The summed E-state index contributed by atoms with van der Waals surface area (Å²) in [7, 11) is 1.65. The molecule has 1 heterocycles. The van der Waals surface area contributed by atoms with E-state index in [4.69, 9.17) is 9.47 Å². The van der Waals surface area contributed by atoms with Crippen LogP contribution in [0.3, 0.4) is 0 Å². The van der Waals surface area contributed by atoms with E-state index in [1.807, 2.05) is 30.3 Å². The van der Waals surface area contributed by atoms with Crippen LogP contribution in [0.2, 0.25) is 0 Å². The number of benzene rings is 1. The Bertz CT molecular complexity index is 627. The van der Waals surface area contributed by atoms with Gasteiger partial charge in [-0.15, -0.1) is 0 Å². The number of nitrogens with zero attached hydrogens (tertiary/aromatic N) is 2. The summed E-state index contributed by atoms with van der Waals surface area (Å²) < 4.78 is 10.8. The first-order chi connectivity index (χ1) is 11.8. The number of hydrogen-bond acceptors (Lipinski definition) is 6. The van der Waals surface area contributed by atoms with Gasteiger partial charge in [-0.2, -0.15) is 4.98 Å². The summed E-state index contributed by atoms with van der Waals surface area (Å²) in [6.45, 7) is 1.18. The third-order valence-electron chi connectivity index (χ3n) is 4.08. The maximum Gasteiger partial charge on any atom is 0.224 e. The zero-order valence-electron chi connectivity index (χ0n) is 14.0. The zero-order chi connectivity index (χ0) is 16.6. The lowest BCUT2D eigenvalue weighted by molar-refractivity contribution is 0.331. The molecule has 0 atom stereocenters. The van der Waals surface area contributed by atoms with Crippen LogP contribution < -0.4 is 20.1 Å². The predicted molar refractivity (Wildman–Crippen MR) is 94.9 cm³/mol. The lowest BCUT2D eigenvalue weighted by Crippen LogP contribution is -2.17. The van der Waals surface area contributed by atoms with Gasteiger partial charge in [-0.1, -0.05) is 12.8 Å². The number of aromatic nitrogens is 2. The number of rotatable bonds is 8. The van der Waals surface area contributed by atoms with E-state index < -0.39 is 0 Å². The van der Waals surface area contributed by atoms with E-state index in [9.17, 15) is 0 Å². The summed E-state index contributed by atoms with van der Waals surface area (Å²) in [4.78, 5) is 8.74. The van der Waals surface area contributed by atoms with E-state index >= 15 is 0 Å². The molecule has 0 unspecified atom stereocenters. The van der Waals surface area contributed by atoms with Crippen LogP contribution in [-0.2, 0) is 0 Å². The SMILES string of the molecule is COc1ccc(OCCNc2nccc(NC3CCCC3)n2)cc1. The van der Waals surface area contributed by atoms with Crippen molar-refractivity contribution in [1.82, 2.24) is 9.97 Å². The zero-order valence-corrected chi connectivity index (χ0v) is 14.0. The van der Waals surface area contributed by atoms with Crippen LogP contribution >= 0.6 is 0 Å². The Morgan fingerprint density at radius 2 is 1.83 bits per heavy atom. The van der Waals surface area contributed by atoms with E-state index in [1.54, 1.807) is 13.3 Å². The van der Waals surface area contributed by atoms with Crippen LogP contribution in [0.25, 0.3) is 0 Å². The van der Waals surface area contributed by atoms with E-state index in [0.29, 0.717) is 25.1 Å². The Kier molecular flexibility index (Phi) is 5.71. The number of hydrogen-bond donors (Lipinski definition) is 2. The Morgan fingerprint density at radius 3 is 2.58 bits per heavy atom. The fourth-order valence-corrected chi connectivity index (χ4v) is 2.81. The van der Waals surface area contributed by atoms with Crippen molar-refractivity contribution < 1.29 is 9.47 Å². The third kappa shape index (κ3) is 4.75. The fraction of sp³-hybridized carbons (Fsp3) is 0.444. The van der Waals surface area contributed by atoms with Crippen molar-refractivity contribution in [2.45, 2.75) is 31.7 Å². The fourth-order valence-electron chi connectivity index (χ4n) is 2.81. The number of methoxy groups -OCH3 is 1. The maximum absolute atomic E-state index is 5.68. The molecule has 3 rings (SSSR count). The van der Waals surface area contributed by atoms with E-state index in [1.165, 1.54) is 25.7 Å². The molecule has 2 aromatic rings. The molecule has 0 amide bonds. The molecule has 6 nitrogen and oxygen atoms in total. The second kappa shape index (κ2) is 8.38. The molecule has 24 heavy (non-hydrogen) atoms. The molecule has 128 valence electrons. The Morgan fingerprint density at radius 1 is 1.08 bits per heavy atom. The van der Waals surface area contributed by atoms with Gasteiger partial charge < -0.3 is 20.1 Å². The van der Waals surface area contributed by atoms with E-state index in [0.717, 1.165) is 17.3 Å². The van der Waals surface area contributed by atoms with Gasteiger partial charge in [-0.05, 0) is 43.2 Å².